The first-order valence-electron chi connectivity index (χ1n) is 11.7. The molecule has 0 spiro atoms. The number of esters is 2. The van der Waals surface area contributed by atoms with Crippen molar-refractivity contribution in [3.05, 3.63) is 94.5 Å². The average molecular weight is 486 g/mol. The molecule has 1 aliphatic heterocycles. The Hall–Kier alpha value is -4.26. The molecular weight excluding hydrogens is 458 g/mol. The van der Waals surface area contributed by atoms with Crippen LogP contribution in [0.25, 0.3) is 0 Å². The van der Waals surface area contributed by atoms with Gasteiger partial charge in [0, 0.05) is 24.2 Å². The number of benzene rings is 3. The summed E-state index contributed by atoms with van der Waals surface area (Å²) >= 11 is 0. The molecule has 7 nitrogen and oxygen atoms in total. The highest BCUT2D eigenvalue weighted by Crippen LogP contribution is 2.30. The molecule has 1 aliphatic rings. The number of amides is 1. The predicted molar refractivity (Wildman–Crippen MR) is 134 cm³/mol. The number of rotatable bonds is 7. The van der Waals surface area contributed by atoms with E-state index in [0.29, 0.717) is 16.9 Å². The van der Waals surface area contributed by atoms with E-state index >= 15 is 0 Å². The number of nitrogens with zero attached hydrogens (tertiary/aromatic N) is 1. The highest BCUT2D eigenvalue weighted by atomic mass is 16.5. The number of aryl methyl sites for hydroxylation is 2. The Bertz CT molecular complexity index is 1310. The molecule has 0 aromatic heterocycles. The molecule has 1 atom stereocenters. The van der Waals surface area contributed by atoms with Crippen LogP contribution in [0.2, 0.25) is 0 Å². The summed E-state index contributed by atoms with van der Waals surface area (Å²) in [5, 5.41) is 0. The smallest absolute Gasteiger partial charge is 0.343 e. The second kappa shape index (κ2) is 10.6. The van der Waals surface area contributed by atoms with Gasteiger partial charge in [-0.25, -0.2) is 4.79 Å². The number of carbonyl (C=O) groups is 4. The largest absolute Gasteiger partial charge is 0.457 e. The van der Waals surface area contributed by atoms with Crippen molar-refractivity contribution in [2.24, 2.45) is 5.92 Å². The van der Waals surface area contributed by atoms with Gasteiger partial charge in [0.1, 0.15) is 5.75 Å². The molecule has 1 amide bonds. The second-order valence-corrected chi connectivity index (χ2v) is 8.94. The Morgan fingerprint density at radius 2 is 1.56 bits per heavy atom. The lowest BCUT2D eigenvalue weighted by molar-refractivity contribution is -0.147. The molecule has 1 fully saturated rings. The third-order valence-electron chi connectivity index (χ3n) is 6.34. The molecule has 4 rings (SSSR count). The van der Waals surface area contributed by atoms with E-state index in [1.165, 1.54) is 24.3 Å². The maximum absolute atomic E-state index is 12.6. The van der Waals surface area contributed by atoms with E-state index in [-0.39, 0.29) is 18.9 Å². The molecule has 184 valence electrons. The quantitative estimate of drug-likeness (QED) is 0.276. The second-order valence-electron chi connectivity index (χ2n) is 8.94. The Labute approximate surface area is 209 Å². The molecule has 3 aromatic rings. The zero-order valence-corrected chi connectivity index (χ0v) is 20.4. The van der Waals surface area contributed by atoms with Crippen molar-refractivity contribution in [3.63, 3.8) is 0 Å². The van der Waals surface area contributed by atoms with Gasteiger partial charge in [-0.05, 0) is 74.4 Å². The molecule has 7 heteroatoms. The number of Topliss-reactive ketones (excluding diaryl/α,β-unsaturated/α-hetero) is 1. The van der Waals surface area contributed by atoms with Crippen LogP contribution in [0, 0.1) is 26.7 Å². The van der Waals surface area contributed by atoms with E-state index in [4.69, 9.17) is 9.47 Å². The van der Waals surface area contributed by atoms with Gasteiger partial charge in [-0.2, -0.15) is 0 Å². The lowest BCUT2D eigenvalue weighted by atomic mass is 10.1. The summed E-state index contributed by atoms with van der Waals surface area (Å²) in [5.74, 6) is -1.95. The van der Waals surface area contributed by atoms with Crippen molar-refractivity contribution < 1.29 is 28.7 Å². The first-order valence-corrected chi connectivity index (χ1v) is 11.7. The number of ether oxygens (including phenoxy) is 2. The minimum atomic E-state index is -0.631. The minimum Gasteiger partial charge on any atom is -0.457 e. The monoisotopic (exact) mass is 485 g/mol. The van der Waals surface area contributed by atoms with E-state index in [0.717, 1.165) is 22.4 Å². The number of hydrogen-bond donors (Lipinski definition) is 0. The van der Waals surface area contributed by atoms with Gasteiger partial charge in [0.25, 0.3) is 0 Å². The van der Waals surface area contributed by atoms with Gasteiger partial charge in [-0.1, -0.05) is 29.8 Å². The molecule has 0 aliphatic carbocycles. The van der Waals surface area contributed by atoms with Gasteiger partial charge in [0.2, 0.25) is 5.91 Å². The van der Waals surface area contributed by atoms with Crippen LogP contribution in [0.3, 0.4) is 0 Å². The normalized spacial score (nSPS) is 15.0. The Morgan fingerprint density at radius 3 is 2.25 bits per heavy atom. The third kappa shape index (κ3) is 5.51. The van der Waals surface area contributed by atoms with Crippen LogP contribution < -0.4 is 9.64 Å². The van der Waals surface area contributed by atoms with Gasteiger partial charge in [0.15, 0.2) is 12.4 Å². The Morgan fingerprint density at radius 1 is 0.889 bits per heavy atom. The molecule has 1 unspecified atom stereocenters. The van der Waals surface area contributed by atoms with E-state index in [1.807, 2.05) is 51.1 Å². The zero-order valence-electron chi connectivity index (χ0n) is 20.4. The zero-order chi connectivity index (χ0) is 25.8. The molecule has 0 saturated carbocycles. The molecule has 1 saturated heterocycles. The lowest BCUT2D eigenvalue weighted by Gasteiger charge is -2.20. The standard InChI is InChI=1S/C29H27NO6/c1-18-7-9-22(10-8-18)29(34)36-24-13-11-21(12-14-24)26(31)17-35-28(33)23-15-27(32)30(16-23)25-6-4-5-19(2)20(25)3/h4-14,23H,15-17H2,1-3H3. The molecule has 36 heavy (non-hydrogen) atoms. The molecular formula is C29H27NO6. The number of anilines is 1. The van der Waals surface area contributed by atoms with Crippen LogP contribution in [0.4, 0.5) is 5.69 Å². The summed E-state index contributed by atoms with van der Waals surface area (Å²) in [6.07, 6.45) is 0.0431. The topological polar surface area (TPSA) is 90.0 Å². The molecule has 0 radical (unpaired) electrons. The maximum atomic E-state index is 12.6. The van der Waals surface area contributed by atoms with Crippen molar-refractivity contribution in [3.8, 4) is 5.75 Å². The highest BCUT2D eigenvalue weighted by Gasteiger charge is 2.37. The van der Waals surface area contributed by atoms with Crippen LogP contribution in [-0.2, 0) is 14.3 Å². The van der Waals surface area contributed by atoms with Crippen LogP contribution in [0.1, 0.15) is 43.8 Å². The summed E-state index contributed by atoms with van der Waals surface area (Å²) in [6.45, 7) is 5.62. The molecule has 0 N–H and O–H groups in total. The van der Waals surface area contributed by atoms with Crippen molar-refractivity contribution in [2.45, 2.75) is 27.2 Å². The fraction of sp³-hybridized carbons (Fsp3) is 0.241. The first kappa shape index (κ1) is 24.9. The average Bonchev–Trinajstić information content (AvgIpc) is 3.26. The summed E-state index contributed by atoms with van der Waals surface area (Å²) in [4.78, 5) is 51.5. The lowest BCUT2D eigenvalue weighted by Crippen LogP contribution is -2.27. The van der Waals surface area contributed by atoms with Crippen LogP contribution in [0.15, 0.2) is 66.7 Å². The summed E-state index contributed by atoms with van der Waals surface area (Å²) < 4.78 is 10.6. The van der Waals surface area contributed by atoms with Crippen LogP contribution in [-0.4, -0.2) is 36.8 Å². The van der Waals surface area contributed by atoms with Crippen molar-refractivity contribution in [2.75, 3.05) is 18.1 Å². The Balaban J connectivity index is 1.30. The highest BCUT2D eigenvalue weighted by molar-refractivity contribution is 6.01. The number of ketones is 1. The summed E-state index contributed by atoms with van der Waals surface area (Å²) in [5.41, 5.74) is 4.62. The maximum Gasteiger partial charge on any atom is 0.343 e. The molecule has 0 bridgehead atoms. The van der Waals surface area contributed by atoms with E-state index in [2.05, 4.69) is 0 Å². The predicted octanol–water partition coefficient (Wildman–Crippen LogP) is 4.61. The van der Waals surface area contributed by atoms with Crippen molar-refractivity contribution in [1.82, 2.24) is 0 Å². The molecule has 1 heterocycles. The van der Waals surface area contributed by atoms with E-state index in [1.54, 1.807) is 17.0 Å². The summed E-state index contributed by atoms with van der Waals surface area (Å²) in [6, 6.07) is 18.8. The summed E-state index contributed by atoms with van der Waals surface area (Å²) in [7, 11) is 0. The van der Waals surface area contributed by atoms with Gasteiger partial charge < -0.3 is 14.4 Å². The number of carbonyl (C=O) groups excluding carboxylic acids is 4. The number of hydrogen-bond acceptors (Lipinski definition) is 6. The third-order valence-corrected chi connectivity index (χ3v) is 6.34. The Kier molecular flexibility index (Phi) is 7.29. The fourth-order valence-corrected chi connectivity index (χ4v) is 4.03. The van der Waals surface area contributed by atoms with Crippen molar-refractivity contribution >= 4 is 29.3 Å². The van der Waals surface area contributed by atoms with E-state index in [9.17, 15) is 19.2 Å². The van der Waals surface area contributed by atoms with Crippen LogP contribution in [0.5, 0.6) is 5.75 Å². The van der Waals surface area contributed by atoms with Gasteiger partial charge >= 0.3 is 11.9 Å². The van der Waals surface area contributed by atoms with Crippen molar-refractivity contribution in [1.29, 1.82) is 0 Å². The van der Waals surface area contributed by atoms with Gasteiger partial charge in [-0.3, -0.25) is 14.4 Å². The van der Waals surface area contributed by atoms with E-state index < -0.39 is 30.2 Å². The van der Waals surface area contributed by atoms with Gasteiger partial charge in [0.05, 0.1) is 11.5 Å². The van der Waals surface area contributed by atoms with Gasteiger partial charge in [-0.15, -0.1) is 0 Å². The van der Waals surface area contributed by atoms with Crippen LogP contribution >= 0.6 is 0 Å². The fourth-order valence-electron chi connectivity index (χ4n) is 4.03. The molecule has 3 aromatic carbocycles. The SMILES string of the molecule is Cc1ccc(C(=O)Oc2ccc(C(=O)COC(=O)C3CC(=O)N(c4cccc(C)c4C)C3)cc2)cc1. The minimum absolute atomic E-state index is 0.0431. The first-order chi connectivity index (χ1) is 17.2.